The lowest BCUT2D eigenvalue weighted by Crippen LogP contribution is -2.44. The number of nitrogens with zero attached hydrogens (tertiary/aromatic N) is 4. The number of alkyl halides is 1. The Labute approximate surface area is 225 Å². The molecule has 202 valence electrons. The van der Waals surface area contributed by atoms with Gasteiger partial charge in [0, 0.05) is 17.4 Å². The number of amides is 3. The highest BCUT2D eigenvalue weighted by Gasteiger charge is 2.40. The van der Waals surface area contributed by atoms with Crippen LogP contribution in [0.15, 0.2) is 71.5 Å². The van der Waals surface area contributed by atoms with Gasteiger partial charge in [0.25, 0.3) is 5.91 Å². The topological polar surface area (TPSA) is 136 Å². The number of carbonyl (C=O) groups excluding carboxylic acids is 3. The van der Waals surface area contributed by atoms with Crippen molar-refractivity contribution >= 4 is 45.4 Å². The Hall–Kier alpha value is -5.13. The van der Waals surface area contributed by atoms with Crippen LogP contribution in [0.1, 0.15) is 16.9 Å². The maximum absolute atomic E-state index is 15.5. The molecule has 1 fully saturated rings. The van der Waals surface area contributed by atoms with Crippen molar-refractivity contribution in [2.75, 3.05) is 11.9 Å². The first-order valence-corrected chi connectivity index (χ1v) is 12.4. The van der Waals surface area contributed by atoms with E-state index in [0.29, 0.717) is 27.6 Å². The predicted octanol–water partition coefficient (Wildman–Crippen LogP) is 3.66. The summed E-state index contributed by atoms with van der Waals surface area (Å²) in [5.41, 5.74) is 7.64. The number of oxazole rings is 1. The summed E-state index contributed by atoms with van der Waals surface area (Å²) in [4.78, 5) is 43.5. The Kier molecular flexibility index (Phi) is 6.21. The van der Waals surface area contributed by atoms with E-state index in [9.17, 15) is 18.8 Å². The van der Waals surface area contributed by atoms with E-state index in [4.69, 9.17) is 10.2 Å². The Morgan fingerprint density at radius 3 is 2.75 bits per heavy atom. The molecule has 5 aromatic rings. The molecule has 6 rings (SSSR count). The maximum Gasteiger partial charge on any atom is 0.269 e. The molecule has 0 spiro atoms. The first-order chi connectivity index (χ1) is 19.3. The Balaban J connectivity index is 1.23. The number of para-hydroxylation sites is 1. The summed E-state index contributed by atoms with van der Waals surface area (Å²) >= 11 is 0. The molecule has 0 unspecified atom stereocenters. The van der Waals surface area contributed by atoms with Crippen LogP contribution in [0, 0.1) is 5.82 Å². The molecular weight excluding hydrogens is 522 g/mol. The molecule has 1 aliphatic heterocycles. The lowest BCUT2D eigenvalue weighted by Gasteiger charge is -2.24. The van der Waals surface area contributed by atoms with Crippen LogP contribution in [0.2, 0.25) is 0 Å². The summed E-state index contributed by atoms with van der Waals surface area (Å²) in [7, 11) is 0. The van der Waals surface area contributed by atoms with Gasteiger partial charge in [0.05, 0.1) is 17.7 Å². The van der Waals surface area contributed by atoms with Crippen LogP contribution >= 0.6 is 0 Å². The van der Waals surface area contributed by atoms with Gasteiger partial charge in [-0.15, -0.1) is 0 Å². The van der Waals surface area contributed by atoms with Crippen LogP contribution in [-0.2, 0) is 16.1 Å². The number of halogens is 2. The zero-order chi connectivity index (χ0) is 28.0. The van der Waals surface area contributed by atoms with E-state index in [-0.39, 0.29) is 36.5 Å². The summed E-state index contributed by atoms with van der Waals surface area (Å²) in [6, 6.07) is 15.1. The first kappa shape index (κ1) is 25.2. The second-order valence-corrected chi connectivity index (χ2v) is 9.47. The minimum Gasteiger partial charge on any atom is -0.443 e. The van der Waals surface area contributed by atoms with Crippen LogP contribution in [-0.4, -0.2) is 56.1 Å². The van der Waals surface area contributed by atoms with Crippen molar-refractivity contribution in [1.29, 1.82) is 0 Å². The van der Waals surface area contributed by atoms with Gasteiger partial charge in [0.15, 0.2) is 23.5 Å². The van der Waals surface area contributed by atoms with Crippen LogP contribution in [0.3, 0.4) is 0 Å². The summed E-state index contributed by atoms with van der Waals surface area (Å²) in [6.45, 7) is -0.656. The molecule has 3 N–H and O–H groups in total. The zero-order valence-corrected chi connectivity index (χ0v) is 20.9. The lowest BCUT2D eigenvalue weighted by molar-refractivity contribution is -0.137. The summed E-state index contributed by atoms with van der Waals surface area (Å²) < 4.78 is 36.6. The summed E-state index contributed by atoms with van der Waals surface area (Å²) in [5.74, 6) is -2.75. The molecule has 1 saturated heterocycles. The lowest BCUT2D eigenvalue weighted by atomic mass is 10.0. The average Bonchev–Trinajstić information content (AvgIpc) is 3.66. The van der Waals surface area contributed by atoms with E-state index >= 15 is 4.39 Å². The standard InChI is InChI=1S/C28H22F2N6O4/c29-16-11-22(35(12-16)24(37)13-36-21-7-2-1-4-18(21)26(34-36)27(31)38)28(39)33-20-6-3-5-17(25(20)30)15-8-9-19-23(10-15)40-14-32-19/h1-10,14,16,22H,11-13H2,(H2,31,38)(H,33,39)/t16-,22+/m1/s1. The van der Waals surface area contributed by atoms with Gasteiger partial charge in [-0.3, -0.25) is 19.1 Å². The van der Waals surface area contributed by atoms with Crippen LogP contribution in [0.5, 0.6) is 0 Å². The monoisotopic (exact) mass is 544 g/mol. The molecule has 2 atom stereocenters. The van der Waals surface area contributed by atoms with E-state index in [2.05, 4.69) is 15.4 Å². The largest absolute Gasteiger partial charge is 0.443 e. The van der Waals surface area contributed by atoms with Gasteiger partial charge in [-0.1, -0.05) is 36.4 Å². The number of benzene rings is 3. The highest BCUT2D eigenvalue weighted by atomic mass is 19.1. The van der Waals surface area contributed by atoms with Gasteiger partial charge in [0.1, 0.15) is 24.3 Å². The fraction of sp³-hybridized carbons (Fsp3) is 0.179. The third kappa shape index (κ3) is 4.42. The minimum atomic E-state index is -1.44. The molecule has 10 nitrogen and oxygen atoms in total. The Bertz CT molecular complexity index is 1800. The zero-order valence-electron chi connectivity index (χ0n) is 20.9. The molecule has 3 amide bonds. The van der Waals surface area contributed by atoms with E-state index in [1.165, 1.54) is 17.1 Å². The molecule has 40 heavy (non-hydrogen) atoms. The third-order valence-corrected chi connectivity index (χ3v) is 6.95. The fourth-order valence-electron chi connectivity index (χ4n) is 5.05. The number of likely N-dealkylation sites (tertiary alicyclic amines) is 1. The molecule has 12 heteroatoms. The highest BCUT2D eigenvalue weighted by molar-refractivity contribution is 6.04. The van der Waals surface area contributed by atoms with Crippen molar-refractivity contribution in [2.24, 2.45) is 5.73 Å². The molecule has 3 aromatic carbocycles. The molecule has 2 aromatic heterocycles. The van der Waals surface area contributed by atoms with Crippen molar-refractivity contribution in [3.05, 3.63) is 78.6 Å². The van der Waals surface area contributed by atoms with Gasteiger partial charge >= 0.3 is 0 Å². The average molecular weight is 545 g/mol. The van der Waals surface area contributed by atoms with Crippen molar-refractivity contribution in [2.45, 2.75) is 25.2 Å². The SMILES string of the molecule is NC(=O)c1nn(CC(=O)N2C[C@H](F)C[C@H]2C(=O)Nc2cccc(-c3ccc4ncoc4c3)c2F)c2ccccc12. The Morgan fingerprint density at radius 2 is 1.93 bits per heavy atom. The van der Waals surface area contributed by atoms with E-state index in [1.807, 2.05) is 0 Å². The second kappa shape index (κ2) is 9.88. The number of primary amides is 1. The van der Waals surface area contributed by atoms with Crippen molar-refractivity contribution in [3.63, 3.8) is 0 Å². The van der Waals surface area contributed by atoms with Gasteiger partial charge in [-0.25, -0.2) is 13.8 Å². The van der Waals surface area contributed by atoms with Crippen LogP contribution < -0.4 is 11.1 Å². The molecule has 3 heterocycles. The summed E-state index contributed by atoms with van der Waals surface area (Å²) in [5, 5.41) is 7.15. The maximum atomic E-state index is 15.5. The number of rotatable bonds is 6. The number of carbonyl (C=O) groups is 3. The first-order valence-electron chi connectivity index (χ1n) is 12.4. The number of nitrogens with one attached hydrogen (secondary N) is 1. The van der Waals surface area contributed by atoms with Crippen molar-refractivity contribution in [3.8, 4) is 11.1 Å². The molecule has 0 radical (unpaired) electrons. The van der Waals surface area contributed by atoms with Crippen molar-refractivity contribution < 1.29 is 27.6 Å². The molecule has 1 aliphatic rings. The second-order valence-electron chi connectivity index (χ2n) is 9.47. The highest BCUT2D eigenvalue weighted by Crippen LogP contribution is 2.31. The minimum absolute atomic E-state index is 0.000277. The fourth-order valence-corrected chi connectivity index (χ4v) is 5.05. The number of hydrogen-bond acceptors (Lipinski definition) is 6. The molecule has 0 saturated carbocycles. The van der Waals surface area contributed by atoms with E-state index < -0.39 is 35.8 Å². The smallest absolute Gasteiger partial charge is 0.269 e. The quantitative estimate of drug-likeness (QED) is 0.335. The number of hydrogen-bond donors (Lipinski definition) is 2. The van der Waals surface area contributed by atoms with Gasteiger partial charge in [0.2, 0.25) is 11.8 Å². The van der Waals surface area contributed by atoms with E-state index in [1.54, 1.807) is 54.6 Å². The van der Waals surface area contributed by atoms with Crippen molar-refractivity contribution in [1.82, 2.24) is 19.7 Å². The van der Waals surface area contributed by atoms with E-state index in [0.717, 1.165) is 4.90 Å². The van der Waals surface area contributed by atoms with Gasteiger partial charge in [-0.2, -0.15) is 5.10 Å². The molecule has 0 aliphatic carbocycles. The normalized spacial score (nSPS) is 17.0. The summed E-state index contributed by atoms with van der Waals surface area (Å²) in [6.07, 6.45) is -0.396. The van der Waals surface area contributed by atoms with Crippen LogP contribution in [0.25, 0.3) is 33.1 Å². The van der Waals surface area contributed by atoms with Crippen LogP contribution in [0.4, 0.5) is 14.5 Å². The predicted molar refractivity (Wildman–Crippen MR) is 141 cm³/mol. The number of anilines is 1. The Morgan fingerprint density at radius 1 is 1.10 bits per heavy atom. The number of fused-ring (bicyclic) bond motifs is 2. The molecule has 0 bridgehead atoms. The molecular formula is C28H22F2N6O4. The van der Waals surface area contributed by atoms with Gasteiger partial charge in [-0.05, 0) is 29.8 Å². The number of nitrogens with two attached hydrogens (primary N) is 1. The number of aromatic nitrogens is 3. The van der Waals surface area contributed by atoms with Gasteiger partial charge < -0.3 is 20.4 Å². The third-order valence-electron chi connectivity index (χ3n) is 6.95.